The monoisotopic (exact) mass is 873 g/mol. The third kappa shape index (κ3) is 6.35. The Kier molecular flexibility index (Phi) is 9.41. The molecule has 2 heterocycles. The summed E-state index contributed by atoms with van der Waals surface area (Å²) in [6, 6.07) is 64.1. The molecule has 11 rings (SSSR count). The van der Waals surface area contributed by atoms with Crippen molar-refractivity contribution in [1.29, 1.82) is 0 Å². The second kappa shape index (κ2) is 14.7. The van der Waals surface area contributed by atoms with Crippen LogP contribution in [0, 0.1) is 10.8 Å². The molecule has 2 nitrogen and oxygen atoms in total. The van der Waals surface area contributed by atoms with Crippen molar-refractivity contribution in [3.05, 3.63) is 192 Å². The van der Waals surface area contributed by atoms with Gasteiger partial charge in [0.1, 0.15) is 0 Å². The Morgan fingerprint density at radius 3 is 1.28 bits per heavy atom. The molecule has 0 fully saturated rings. The predicted octanol–water partition coefficient (Wildman–Crippen LogP) is 18.2. The highest BCUT2D eigenvalue weighted by Gasteiger charge is 2.58. The van der Waals surface area contributed by atoms with Crippen LogP contribution in [0.15, 0.2) is 170 Å². The van der Waals surface area contributed by atoms with Gasteiger partial charge in [0.05, 0.1) is 22.1 Å². The molecule has 2 heteroatoms. The van der Waals surface area contributed by atoms with E-state index < -0.39 is 0 Å². The lowest BCUT2D eigenvalue weighted by Crippen LogP contribution is -2.50. The van der Waals surface area contributed by atoms with Crippen molar-refractivity contribution in [3.8, 4) is 44.8 Å². The summed E-state index contributed by atoms with van der Waals surface area (Å²) in [5, 5.41) is 5.04. The van der Waals surface area contributed by atoms with Crippen molar-refractivity contribution in [2.24, 2.45) is 10.8 Å². The van der Waals surface area contributed by atoms with E-state index in [1.165, 1.54) is 105 Å². The van der Waals surface area contributed by atoms with Crippen molar-refractivity contribution in [2.45, 2.75) is 99.3 Å². The predicted molar refractivity (Wildman–Crippen MR) is 289 cm³/mol. The molecule has 0 atom stereocenters. The van der Waals surface area contributed by atoms with Crippen LogP contribution in [0.3, 0.4) is 0 Å². The Morgan fingerprint density at radius 2 is 0.776 bits per heavy atom. The molecule has 67 heavy (non-hydrogen) atoms. The van der Waals surface area contributed by atoms with Gasteiger partial charge in [0, 0.05) is 38.3 Å². The van der Waals surface area contributed by atoms with E-state index in [9.17, 15) is 0 Å². The molecule has 10 aromatic rings. The van der Waals surface area contributed by atoms with E-state index >= 15 is 0 Å². The number of fused-ring (bicyclic) bond motifs is 9. The summed E-state index contributed by atoms with van der Waals surface area (Å²) in [6.07, 6.45) is 0. The minimum atomic E-state index is -0.217. The fraction of sp³-hybridized carbons (Fsp3) is 0.262. The maximum atomic E-state index is 2.63. The molecule has 8 aromatic carbocycles. The van der Waals surface area contributed by atoms with Crippen LogP contribution in [-0.4, -0.2) is 9.13 Å². The first kappa shape index (κ1) is 43.0. The van der Waals surface area contributed by atoms with Gasteiger partial charge in [0.2, 0.25) is 0 Å². The number of hydrogen-bond acceptors (Lipinski definition) is 0. The first-order valence-corrected chi connectivity index (χ1v) is 24.4. The Bertz CT molecular complexity index is 3570. The number of aromatic nitrogens is 2. The van der Waals surface area contributed by atoms with Gasteiger partial charge in [-0.05, 0) is 144 Å². The summed E-state index contributed by atoms with van der Waals surface area (Å²) >= 11 is 0. The molecule has 0 N–H and O–H groups in total. The largest absolute Gasteiger partial charge is 0.309 e. The van der Waals surface area contributed by atoms with Crippen molar-refractivity contribution in [1.82, 2.24) is 9.13 Å². The fourth-order valence-corrected chi connectivity index (χ4v) is 12.9. The molecule has 0 spiro atoms. The molecular formula is C65H64N2. The van der Waals surface area contributed by atoms with E-state index in [1.807, 2.05) is 0 Å². The zero-order chi connectivity index (χ0) is 47.0. The van der Waals surface area contributed by atoms with Gasteiger partial charge in [-0.2, -0.15) is 0 Å². The number of rotatable bonds is 4. The van der Waals surface area contributed by atoms with E-state index in [-0.39, 0.29) is 27.1 Å². The SMILES string of the molecule is CC(C)(C)c1cc2c(cc1C(C)(C)C)C(C(C)(C)C)(C(C)(C)C)c1cccc(-c3ccc(-n4c5ccccc5c5cc(-c6ccc7c(c6)c6ccccc6n7-c6ccccc6)ccc54)cc3)c1-2. The molecule has 334 valence electrons. The zero-order valence-electron chi connectivity index (χ0n) is 41.6. The third-order valence-corrected chi connectivity index (χ3v) is 15.3. The van der Waals surface area contributed by atoms with Crippen LogP contribution in [0.1, 0.15) is 105 Å². The van der Waals surface area contributed by atoms with Gasteiger partial charge in [-0.25, -0.2) is 0 Å². The number of benzene rings is 8. The molecule has 0 saturated carbocycles. The van der Waals surface area contributed by atoms with E-state index in [4.69, 9.17) is 0 Å². The standard InChI is InChI=1S/C65H64N2/c1-61(2,3)54-39-51-53(40-55(54)62(4,5)6)65(63(7,8)9,64(10,11)12)52-26-20-25-46(60(51)52)41-29-33-45(34-30-41)67-57-28-19-17-24-48(57)50-38-43(32-36-59(50)67)42-31-35-58-49(37-42)47-23-16-18-27-56(47)66(58)44-21-14-13-15-22-44/h13-40H,1-12H3. The lowest BCUT2D eigenvalue weighted by molar-refractivity contribution is 0.0949. The Morgan fingerprint density at radius 1 is 0.328 bits per heavy atom. The van der Waals surface area contributed by atoms with Crippen LogP contribution in [0.2, 0.25) is 0 Å². The van der Waals surface area contributed by atoms with Gasteiger partial charge in [-0.1, -0.05) is 186 Å². The zero-order valence-corrected chi connectivity index (χ0v) is 41.6. The third-order valence-electron chi connectivity index (χ3n) is 15.3. The van der Waals surface area contributed by atoms with Crippen LogP contribution in [0.4, 0.5) is 0 Å². The first-order chi connectivity index (χ1) is 31.8. The Hall–Kier alpha value is -6.64. The van der Waals surface area contributed by atoms with Gasteiger partial charge in [0.25, 0.3) is 0 Å². The van der Waals surface area contributed by atoms with Crippen molar-refractivity contribution < 1.29 is 0 Å². The summed E-state index contributed by atoms with van der Waals surface area (Å²) in [7, 11) is 0. The molecule has 1 aliphatic carbocycles. The lowest BCUT2D eigenvalue weighted by Gasteiger charge is -2.53. The van der Waals surface area contributed by atoms with Crippen molar-refractivity contribution >= 4 is 43.6 Å². The number of hydrogen-bond donors (Lipinski definition) is 0. The summed E-state index contributed by atoms with van der Waals surface area (Å²) in [4.78, 5) is 0. The molecule has 2 aromatic heterocycles. The highest BCUT2D eigenvalue weighted by Crippen LogP contribution is 2.66. The number of para-hydroxylation sites is 3. The molecule has 1 aliphatic rings. The highest BCUT2D eigenvalue weighted by molar-refractivity contribution is 6.12. The lowest BCUT2D eigenvalue weighted by atomic mass is 9.49. The quantitative estimate of drug-likeness (QED) is 0.167. The van der Waals surface area contributed by atoms with Gasteiger partial charge < -0.3 is 9.13 Å². The molecule has 0 saturated heterocycles. The van der Waals surface area contributed by atoms with Gasteiger partial charge in [0.15, 0.2) is 0 Å². The molecule has 0 unspecified atom stereocenters. The maximum absolute atomic E-state index is 2.63. The summed E-state index contributed by atoms with van der Waals surface area (Å²) in [5.41, 5.74) is 20.5. The van der Waals surface area contributed by atoms with Crippen LogP contribution in [0.25, 0.3) is 88.4 Å². The molecule has 0 amide bonds. The Labute approximate surface area is 397 Å². The molecule has 0 aliphatic heterocycles. The molecule has 0 bridgehead atoms. The van der Waals surface area contributed by atoms with Crippen molar-refractivity contribution in [3.63, 3.8) is 0 Å². The summed E-state index contributed by atoms with van der Waals surface area (Å²) < 4.78 is 4.84. The van der Waals surface area contributed by atoms with Crippen LogP contribution in [-0.2, 0) is 16.2 Å². The topological polar surface area (TPSA) is 9.86 Å². The fourth-order valence-electron chi connectivity index (χ4n) is 12.9. The normalized spacial score (nSPS) is 14.1. The second-order valence-corrected chi connectivity index (χ2v) is 23.5. The Balaban J connectivity index is 1.05. The minimum absolute atomic E-state index is 0.000731. The smallest absolute Gasteiger partial charge is 0.0541 e. The van der Waals surface area contributed by atoms with Crippen LogP contribution < -0.4 is 0 Å². The average Bonchev–Trinajstić information content (AvgIpc) is 3.92. The van der Waals surface area contributed by atoms with E-state index in [0.717, 1.165) is 5.69 Å². The summed E-state index contributed by atoms with van der Waals surface area (Å²) in [5.74, 6) is 0. The van der Waals surface area contributed by atoms with E-state index in [2.05, 4.69) is 262 Å². The highest BCUT2D eigenvalue weighted by atomic mass is 15.0. The molecule has 0 radical (unpaired) electrons. The first-order valence-electron chi connectivity index (χ1n) is 24.4. The van der Waals surface area contributed by atoms with E-state index in [1.54, 1.807) is 0 Å². The van der Waals surface area contributed by atoms with Gasteiger partial charge in [-0.3, -0.25) is 0 Å². The van der Waals surface area contributed by atoms with Crippen LogP contribution in [0.5, 0.6) is 0 Å². The van der Waals surface area contributed by atoms with Gasteiger partial charge in [-0.15, -0.1) is 0 Å². The minimum Gasteiger partial charge on any atom is -0.309 e. The maximum Gasteiger partial charge on any atom is 0.0541 e. The van der Waals surface area contributed by atoms with Crippen molar-refractivity contribution in [2.75, 3.05) is 0 Å². The second-order valence-electron chi connectivity index (χ2n) is 23.5. The van der Waals surface area contributed by atoms with Crippen LogP contribution >= 0.6 is 0 Å². The average molecular weight is 873 g/mol. The number of nitrogens with zero attached hydrogens (tertiary/aromatic N) is 2. The van der Waals surface area contributed by atoms with Gasteiger partial charge >= 0.3 is 0 Å². The summed E-state index contributed by atoms with van der Waals surface area (Å²) in [6.45, 7) is 29.1. The van der Waals surface area contributed by atoms with E-state index in [0.29, 0.717) is 0 Å². The molecular weight excluding hydrogens is 809 g/mol.